The van der Waals surface area contributed by atoms with Crippen LogP contribution < -0.4 is 10.1 Å². The molecule has 3 rings (SSSR count). The summed E-state index contributed by atoms with van der Waals surface area (Å²) in [6.07, 6.45) is 0.112. The van der Waals surface area contributed by atoms with Gasteiger partial charge in [0.25, 0.3) is 0 Å². The van der Waals surface area contributed by atoms with Crippen LogP contribution in [0.25, 0.3) is 0 Å². The van der Waals surface area contributed by atoms with Crippen LogP contribution in [0.5, 0.6) is 5.75 Å². The number of ether oxygens (including phenoxy) is 2. The standard InChI is InChI=1S/C23H34F3NO2/c1-21(2)13-16(14-22(3,4)27-21)15-6-11-20(19(24)12-15)29-23(25,26)17-7-9-18(28-5)10-8-17/h6,11-12,16-18,27H,7-10,13-14H2,1-5H3. The van der Waals surface area contributed by atoms with E-state index < -0.39 is 17.8 Å². The minimum atomic E-state index is -3.39. The largest absolute Gasteiger partial charge is 0.429 e. The van der Waals surface area contributed by atoms with Gasteiger partial charge in [-0.3, -0.25) is 0 Å². The normalized spacial score (nSPS) is 27.6. The monoisotopic (exact) mass is 413 g/mol. The highest BCUT2D eigenvalue weighted by Crippen LogP contribution is 2.42. The zero-order valence-corrected chi connectivity index (χ0v) is 18.2. The minimum absolute atomic E-state index is 0.0246. The molecule has 2 aliphatic rings. The highest BCUT2D eigenvalue weighted by Gasteiger charge is 2.45. The van der Waals surface area contributed by atoms with Crippen molar-refractivity contribution in [1.29, 1.82) is 0 Å². The van der Waals surface area contributed by atoms with Crippen LogP contribution >= 0.6 is 0 Å². The second kappa shape index (κ2) is 8.10. The molecule has 1 aromatic rings. The van der Waals surface area contributed by atoms with Gasteiger partial charge in [0.15, 0.2) is 11.6 Å². The molecule has 1 saturated carbocycles. The summed E-state index contributed by atoms with van der Waals surface area (Å²) >= 11 is 0. The van der Waals surface area contributed by atoms with Gasteiger partial charge in [-0.25, -0.2) is 4.39 Å². The van der Waals surface area contributed by atoms with Gasteiger partial charge in [-0.1, -0.05) is 6.07 Å². The quantitative estimate of drug-likeness (QED) is 0.640. The van der Waals surface area contributed by atoms with Crippen LogP contribution in [0.15, 0.2) is 18.2 Å². The van der Waals surface area contributed by atoms with E-state index in [-0.39, 0.29) is 28.8 Å². The van der Waals surface area contributed by atoms with Crippen LogP contribution in [0.3, 0.4) is 0 Å². The van der Waals surface area contributed by atoms with Crippen molar-refractivity contribution in [2.75, 3.05) is 7.11 Å². The number of methoxy groups -OCH3 is 1. The summed E-state index contributed by atoms with van der Waals surface area (Å²) in [7, 11) is 1.60. The smallest absolute Gasteiger partial charge is 0.400 e. The maximum absolute atomic E-state index is 14.7. The molecule has 3 nitrogen and oxygen atoms in total. The molecule has 0 unspecified atom stereocenters. The van der Waals surface area contributed by atoms with Gasteiger partial charge in [-0.05, 0) is 89.8 Å². The molecule has 1 N–H and O–H groups in total. The van der Waals surface area contributed by atoms with Gasteiger partial charge in [0.05, 0.1) is 12.0 Å². The average Bonchev–Trinajstić information content (AvgIpc) is 2.60. The van der Waals surface area contributed by atoms with Gasteiger partial charge < -0.3 is 14.8 Å². The van der Waals surface area contributed by atoms with Crippen molar-refractivity contribution in [3.8, 4) is 5.75 Å². The average molecular weight is 414 g/mol. The number of nitrogens with one attached hydrogen (secondary N) is 1. The van der Waals surface area contributed by atoms with E-state index in [4.69, 9.17) is 9.47 Å². The van der Waals surface area contributed by atoms with Crippen LogP contribution in [0.4, 0.5) is 13.2 Å². The summed E-state index contributed by atoms with van der Waals surface area (Å²) in [6.45, 7) is 8.53. The van der Waals surface area contributed by atoms with Gasteiger partial charge >= 0.3 is 6.11 Å². The van der Waals surface area contributed by atoms with Crippen LogP contribution in [0.2, 0.25) is 0 Å². The molecule has 1 aromatic carbocycles. The Morgan fingerprint density at radius 1 is 1.00 bits per heavy atom. The topological polar surface area (TPSA) is 30.5 Å². The Morgan fingerprint density at radius 3 is 2.10 bits per heavy atom. The molecule has 2 fully saturated rings. The van der Waals surface area contributed by atoms with Gasteiger partial charge in [0.1, 0.15) is 0 Å². The number of alkyl halides is 2. The fourth-order valence-electron chi connectivity index (χ4n) is 5.28. The SMILES string of the molecule is COC1CCC(C(F)(F)Oc2ccc(C3CC(C)(C)NC(C)(C)C3)cc2F)CC1. The first kappa shape index (κ1) is 22.4. The first-order valence-corrected chi connectivity index (χ1v) is 10.6. The maximum Gasteiger partial charge on any atom is 0.400 e. The lowest BCUT2D eigenvalue weighted by Crippen LogP contribution is -2.57. The maximum atomic E-state index is 14.7. The Morgan fingerprint density at radius 2 is 1.59 bits per heavy atom. The highest BCUT2D eigenvalue weighted by molar-refractivity contribution is 5.32. The molecule has 1 saturated heterocycles. The summed E-state index contributed by atoms with van der Waals surface area (Å²) in [5, 5.41) is 3.61. The van der Waals surface area contributed by atoms with Gasteiger partial charge in [-0.2, -0.15) is 8.78 Å². The molecule has 1 heterocycles. The summed E-state index contributed by atoms with van der Waals surface area (Å²) < 4.78 is 54.1. The van der Waals surface area contributed by atoms with E-state index in [1.54, 1.807) is 13.2 Å². The third kappa shape index (κ3) is 5.46. The summed E-state index contributed by atoms with van der Waals surface area (Å²) in [5.41, 5.74) is 0.680. The van der Waals surface area contributed by atoms with Crippen molar-refractivity contribution in [1.82, 2.24) is 5.32 Å². The van der Waals surface area contributed by atoms with E-state index in [9.17, 15) is 13.2 Å². The van der Waals surface area contributed by atoms with E-state index in [1.165, 1.54) is 12.1 Å². The molecule has 0 bridgehead atoms. The number of rotatable bonds is 5. The Labute approximate surface area is 172 Å². The molecule has 0 amide bonds. The second-order valence-electron chi connectivity index (χ2n) is 10.1. The third-order valence-electron chi connectivity index (χ3n) is 6.35. The fraction of sp³-hybridized carbons (Fsp3) is 0.739. The number of hydrogen-bond donors (Lipinski definition) is 1. The van der Waals surface area contributed by atoms with E-state index in [2.05, 4.69) is 33.0 Å². The van der Waals surface area contributed by atoms with Crippen molar-refractivity contribution >= 4 is 0 Å². The van der Waals surface area contributed by atoms with Crippen molar-refractivity contribution in [2.45, 2.75) is 95.4 Å². The van der Waals surface area contributed by atoms with Gasteiger partial charge in [0, 0.05) is 18.2 Å². The fourth-order valence-corrected chi connectivity index (χ4v) is 5.28. The van der Waals surface area contributed by atoms with Crippen LogP contribution in [-0.4, -0.2) is 30.4 Å². The first-order chi connectivity index (χ1) is 13.4. The van der Waals surface area contributed by atoms with Crippen molar-refractivity contribution in [3.05, 3.63) is 29.6 Å². The Kier molecular flexibility index (Phi) is 6.26. The minimum Gasteiger partial charge on any atom is -0.429 e. The van der Waals surface area contributed by atoms with Crippen LogP contribution in [-0.2, 0) is 4.74 Å². The predicted molar refractivity (Wildman–Crippen MR) is 108 cm³/mol. The molecule has 1 aliphatic heterocycles. The number of benzene rings is 1. The van der Waals surface area contributed by atoms with Crippen LogP contribution in [0.1, 0.15) is 77.7 Å². The zero-order chi connectivity index (χ0) is 21.4. The lowest BCUT2D eigenvalue weighted by atomic mass is 9.73. The van der Waals surface area contributed by atoms with E-state index in [1.807, 2.05) is 0 Å². The molecule has 164 valence electrons. The molecule has 6 heteroatoms. The molecule has 0 atom stereocenters. The Balaban J connectivity index is 1.71. The van der Waals surface area contributed by atoms with Gasteiger partial charge in [0.2, 0.25) is 0 Å². The highest BCUT2D eigenvalue weighted by atomic mass is 19.3. The second-order valence-corrected chi connectivity index (χ2v) is 10.1. The molecular weight excluding hydrogens is 379 g/mol. The van der Waals surface area contributed by atoms with Crippen LogP contribution in [0, 0.1) is 11.7 Å². The molecular formula is C23H34F3NO2. The Hall–Kier alpha value is -1.27. The van der Waals surface area contributed by atoms with Gasteiger partial charge in [-0.15, -0.1) is 0 Å². The van der Waals surface area contributed by atoms with E-state index in [0.717, 1.165) is 18.4 Å². The number of halogens is 3. The molecule has 1 aliphatic carbocycles. The third-order valence-corrected chi connectivity index (χ3v) is 6.35. The lowest BCUT2D eigenvalue weighted by molar-refractivity contribution is -0.226. The molecule has 0 radical (unpaired) electrons. The molecule has 0 aromatic heterocycles. The van der Waals surface area contributed by atoms with E-state index >= 15 is 0 Å². The number of piperidine rings is 1. The first-order valence-electron chi connectivity index (χ1n) is 10.6. The predicted octanol–water partition coefficient (Wildman–Crippen LogP) is 6.03. The molecule has 0 spiro atoms. The molecule has 29 heavy (non-hydrogen) atoms. The van der Waals surface area contributed by atoms with E-state index in [0.29, 0.717) is 25.7 Å². The van der Waals surface area contributed by atoms with Crippen molar-refractivity contribution in [3.63, 3.8) is 0 Å². The van der Waals surface area contributed by atoms with Crippen molar-refractivity contribution in [2.24, 2.45) is 5.92 Å². The zero-order valence-electron chi connectivity index (χ0n) is 18.2. The summed E-state index contributed by atoms with van der Waals surface area (Å²) in [6, 6.07) is 4.47. The van der Waals surface area contributed by atoms with Crippen molar-refractivity contribution < 1.29 is 22.6 Å². The summed E-state index contributed by atoms with van der Waals surface area (Å²) in [5.74, 6) is -1.85. The summed E-state index contributed by atoms with van der Waals surface area (Å²) in [4.78, 5) is 0. The lowest BCUT2D eigenvalue weighted by Gasteiger charge is -2.46. The number of hydrogen-bond acceptors (Lipinski definition) is 3. The Bertz CT molecular complexity index is 696.